The Hall–Kier alpha value is -3.17. The molecule has 8 nitrogen and oxygen atoms in total. The summed E-state index contributed by atoms with van der Waals surface area (Å²) >= 11 is 0. The van der Waals surface area contributed by atoms with E-state index in [0.29, 0.717) is 11.4 Å². The number of hydrogen-bond acceptors (Lipinski definition) is 5. The van der Waals surface area contributed by atoms with Crippen molar-refractivity contribution < 1.29 is 17.6 Å². The predicted octanol–water partition coefficient (Wildman–Crippen LogP) is 2.61. The number of nitrogens with one attached hydrogen (secondary N) is 1. The number of nitrogens with zero attached hydrogens (tertiary/aromatic N) is 2. The lowest BCUT2D eigenvalue weighted by atomic mass is 10.1. The van der Waals surface area contributed by atoms with Crippen LogP contribution in [-0.2, 0) is 16.6 Å². The Morgan fingerprint density at radius 1 is 1.13 bits per heavy atom. The van der Waals surface area contributed by atoms with E-state index >= 15 is 0 Å². The third-order valence-corrected chi connectivity index (χ3v) is 6.57. The maximum absolute atomic E-state index is 12.7. The van der Waals surface area contributed by atoms with E-state index in [2.05, 4.69) is 5.32 Å². The topological polar surface area (TPSA) is 102 Å². The van der Waals surface area contributed by atoms with Crippen LogP contribution in [0, 0.1) is 13.8 Å². The van der Waals surface area contributed by atoms with Gasteiger partial charge in [-0.25, -0.2) is 12.7 Å². The van der Waals surface area contributed by atoms with Crippen LogP contribution in [0.25, 0.3) is 0 Å². The van der Waals surface area contributed by atoms with Crippen molar-refractivity contribution in [3.05, 3.63) is 81.7 Å². The first kappa shape index (κ1) is 21.5. The lowest BCUT2D eigenvalue weighted by molar-refractivity contribution is 0.0994. The molecule has 0 spiro atoms. The maximum atomic E-state index is 12.7. The molecule has 1 amide bonds. The van der Waals surface area contributed by atoms with E-state index in [1.165, 1.54) is 36.9 Å². The van der Waals surface area contributed by atoms with E-state index in [-0.39, 0.29) is 22.8 Å². The molecule has 0 fully saturated rings. The first-order chi connectivity index (χ1) is 14.1. The van der Waals surface area contributed by atoms with E-state index in [9.17, 15) is 18.0 Å². The molecule has 3 rings (SSSR count). The minimum absolute atomic E-state index is 0.0619. The van der Waals surface area contributed by atoms with Crippen molar-refractivity contribution in [2.45, 2.75) is 25.3 Å². The lowest BCUT2D eigenvalue weighted by Crippen LogP contribution is -2.23. The van der Waals surface area contributed by atoms with E-state index in [0.717, 1.165) is 15.4 Å². The summed E-state index contributed by atoms with van der Waals surface area (Å²) in [6.07, 6.45) is 1.63. The van der Waals surface area contributed by atoms with Crippen molar-refractivity contribution in [3.63, 3.8) is 0 Å². The number of hydrogen-bond donors (Lipinski definition) is 1. The fraction of sp³-hybridized carbons (Fsp3) is 0.238. The first-order valence-corrected chi connectivity index (χ1v) is 10.6. The van der Waals surface area contributed by atoms with Crippen LogP contribution in [0.1, 0.15) is 27.4 Å². The summed E-state index contributed by atoms with van der Waals surface area (Å²) in [6.45, 7) is 3.77. The molecule has 0 aliphatic heterocycles. The SMILES string of the molecule is Cc1cc(S(=O)(=O)N(C)C)cc(NC(=O)c2ccc(Cn3ccccc3=O)o2)c1C. The molecule has 0 aliphatic rings. The molecule has 0 unspecified atom stereocenters. The standard InChI is InChI=1S/C21H23N3O5S/c1-14-11-17(30(27,28)23(3)4)12-18(15(14)2)22-21(26)19-9-8-16(29-19)13-24-10-6-5-7-20(24)25/h5-12H,13H2,1-4H3,(H,22,26). The van der Waals surface area contributed by atoms with Gasteiger partial charge in [-0.15, -0.1) is 0 Å². The number of rotatable bonds is 6. The van der Waals surface area contributed by atoms with Gasteiger partial charge in [-0.2, -0.15) is 0 Å². The third-order valence-electron chi connectivity index (χ3n) is 4.78. The second-order valence-electron chi connectivity index (χ2n) is 7.09. The second-order valence-corrected chi connectivity index (χ2v) is 9.24. The highest BCUT2D eigenvalue weighted by Gasteiger charge is 2.21. The number of aryl methyl sites for hydroxylation is 1. The van der Waals surface area contributed by atoms with Crippen LogP contribution >= 0.6 is 0 Å². The van der Waals surface area contributed by atoms with E-state index in [1.807, 2.05) is 0 Å². The summed E-state index contributed by atoms with van der Waals surface area (Å²) in [7, 11) is -0.748. The van der Waals surface area contributed by atoms with Gasteiger partial charge in [0.2, 0.25) is 10.0 Å². The molecule has 1 aromatic carbocycles. The molecular formula is C21H23N3O5S. The zero-order valence-corrected chi connectivity index (χ0v) is 18.0. The zero-order chi connectivity index (χ0) is 22.1. The monoisotopic (exact) mass is 429 g/mol. The van der Waals surface area contributed by atoms with Crippen molar-refractivity contribution in [1.82, 2.24) is 8.87 Å². The minimum atomic E-state index is -3.65. The van der Waals surface area contributed by atoms with Crippen molar-refractivity contribution in [2.24, 2.45) is 0 Å². The molecule has 2 aromatic heterocycles. The van der Waals surface area contributed by atoms with Gasteiger partial charge >= 0.3 is 0 Å². The zero-order valence-electron chi connectivity index (χ0n) is 17.2. The Labute approximate surface area is 174 Å². The third kappa shape index (κ3) is 4.37. The van der Waals surface area contributed by atoms with Gasteiger partial charge in [0.15, 0.2) is 5.76 Å². The van der Waals surface area contributed by atoms with Crippen LogP contribution in [0.5, 0.6) is 0 Å². The van der Waals surface area contributed by atoms with Crippen LogP contribution in [0.2, 0.25) is 0 Å². The van der Waals surface area contributed by atoms with Crippen LogP contribution < -0.4 is 10.9 Å². The number of carbonyl (C=O) groups excluding carboxylic acids is 1. The molecule has 0 saturated carbocycles. The number of pyridine rings is 1. The maximum Gasteiger partial charge on any atom is 0.291 e. The Morgan fingerprint density at radius 2 is 1.87 bits per heavy atom. The van der Waals surface area contributed by atoms with Crippen molar-refractivity contribution in [3.8, 4) is 0 Å². The number of aromatic nitrogens is 1. The quantitative estimate of drug-likeness (QED) is 0.649. The average molecular weight is 429 g/mol. The Bertz CT molecular complexity index is 1260. The van der Waals surface area contributed by atoms with Gasteiger partial charge in [-0.1, -0.05) is 6.07 Å². The van der Waals surface area contributed by atoms with Crippen LogP contribution in [0.4, 0.5) is 5.69 Å². The highest BCUT2D eigenvalue weighted by molar-refractivity contribution is 7.89. The summed E-state index contributed by atoms with van der Waals surface area (Å²) in [5, 5.41) is 2.72. The molecule has 0 radical (unpaired) electrons. The molecule has 2 heterocycles. The van der Waals surface area contributed by atoms with Gasteiger partial charge < -0.3 is 14.3 Å². The Morgan fingerprint density at radius 3 is 2.53 bits per heavy atom. The summed E-state index contributed by atoms with van der Waals surface area (Å²) in [6, 6.07) is 11.0. The van der Waals surface area contributed by atoms with Gasteiger partial charge in [0.25, 0.3) is 11.5 Å². The largest absolute Gasteiger partial charge is 0.454 e. The van der Waals surface area contributed by atoms with Gasteiger partial charge in [0.05, 0.1) is 11.4 Å². The summed E-state index contributed by atoms with van der Waals surface area (Å²) in [5.41, 5.74) is 1.70. The highest BCUT2D eigenvalue weighted by Crippen LogP contribution is 2.26. The number of sulfonamides is 1. The van der Waals surface area contributed by atoms with E-state index in [1.54, 1.807) is 44.3 Å². The van der Waals surface area contributed by atoms with Gasteiger partial charge in [0, 0.05) is 32.0 Å². The van der Waals surface area contributed by atoms with Crippen LogP contribution in [-0.4, -0.2) is 37.3 Å². The summed E-state index contributed by atoms with van der Waals surface area (Å²) < 4.78 is 33.1. The molecule has 9 heteroatoms. The van der Waals surface area contributed by atoms with Crippen molar-refractivity contribution in [1.29, 1.82) is 0 Å². The number of carbonyl (C=O) groups is 1. The van der Waals surface area contributed by atoms with Crippen molar-refractivity contribution >= 4 is 21.6 Å². The van der Waals surface area contributed by atoms with Crippen LogP contribution in [0.3, 0.4) is 0 Å². The molecule has 0 aliphatic carbocycles. The van der Waals surface area contributed by atoms with Gasteiger partial charge in [-0.3, -0.25) is 9.59 Å². The average Bonchev–Trinajstić information content (AvgIpc) is 3.15. The molecule has 3 aromatic rings. The highest BCUT2D eigenvalue weighted by atomic mass is 32.2. The van der Waals surface area contributed by atoms with Gasteiger partial charge in [-0.05, 0) is 55.3 Å². The number of furan rings is 1. The fourth-order valence-corrected chi connectivity index (χ4v) is 3.86. The molecule has 0 bridgehead atoms. The summed E-state index contributed by atoms with van der Waals surface area (Å²) in [4.78, 5) is 24.6. The Kier molecular flexibility index (Phi) is 5.95. The lowest BCUT2D eigenvalue weighted by Gasteiger charge is -2.16. The smallest absolute Gasteiger partial charge is 0.291 e. The normalized spacial score (nSPS) is 11.6. The van der Waals surface area contributed by atoms with E-state index in [4.69, 9.17) is 4.42 Å². The van der Waals surface area contributed by atoms with E-state index < -0.39 is 15.9 Å². The number of amides is 1. The molecule has 1 N–H and O–H groups in total. The molecular weight excluding hydrogens is 406 g/mol. The first-order valence-electron chi connectivity index (χ1n) is 9.19. The van der Waals surface area contributed by atoms with Gasteiger partial charge in [0.1, 0.15) is 5.76 Å². The minimum Gasteiger partial charge on any atom is -0.454 e. The number of benzene rings is 1. The fourth-order valence-electron chi connectivity index (χ4n) is 2.84. The predicted molar refractivity (Wildman–Crippen MR) is 113 cm³/mol. The number of anilines is 1. The van der Waals surface area contributed by atoms with Crippen molar-refractivity contribution in [2.75, 3.05) is 19.4 Å². The molecule has 158 valence electrons. The second kappa shape index (κ2) is 8.29. The molecule has 0 saturated heterocycles. The Balaban J connectivity index is 1.85. The van der Waals surface area contributed by atoms with Crippen LogP contribution in [0.15, 0.2) is 62.8 Å². The summed E-state index contributed by atoms with van der Waals surface area (Å²) in [5.74, 6) is 0.000696. The molecule has 0 atom stereocenters. The molecule has 30 heavy (non-hydrogen) atoms.